The summed E-state index contributed by atoms with van der Waals surface area (Å²) in [6.07, 6.45) is 6.92. The number of nitrogens with one attached hydrogen (secondary N) is 1. The van der Waals surface area contributed by atoms with Crippen LogP contribution in [0.2, 0.25) is 0 Å². The molecule has 0 radical (unpaired) electrons. The van der Waals surface area contributed by atoms with Gasteiger partial charge in [0.25, 0.3) is 5.56 Å². The molecule has 158 valence electrons. The second kappa shape index (κ2) is 8.00. The zero-order chi connectivity index (χ0) is 20.6. The summed E-state index contributed by atoms with van der Waals surface area (Å²) < 4.78 is 26.5. The van der Waals surface area contributed by atoms with Gasteiger partial charge in [0.05, 0.1) is 12.4 Å². The van der Waals surface area contributed by atoms with Gasteiger partial charge in [0.1, 0.15) is 5.65 Å². The first-order valence-corrected chi connectivity index (χ1v) is 11.9. The third-order valence-corrected chi connectivity index (χ3v) is 7.21. The van der Waals surface area contributed by atoms with Gasteiger partial charge in [-0.2, -0.15) is 4.98 Å². The fraction of sp³-hybridized carbons (Fsp3) is 0.632. The molecule has 3 heterocycles. The second-order valence-corrected chi connectivity index (χ2v) is 10.1. The molecule has 10 heteroatoms. The lowest BCUT2D eigenvalue weighted by atomic mass is 9.92. The Hall–Kier alpha value is -2.04. The molecule has 2 N–H and O–H groups in total. The van der Waals surface area contributed by atoms with Crippen molar-refractivity contribution >= 4 is 27.0 Å². The molecule has 9 nitrogen and oxygen atoms in total. The van der Waals surface area contributed by atoms with Crippen LogP contribution in [0.15, 0.2) is 23.1 Å². The zero-order valence-electron chi connectivity index (χ0n) is 16.5. The van der Waals surface area contributed by atoms with Crippen molar-refractivity contribution in [1.82, 2.24) is 18.8 Å². The Bertz CT molecular complexity index is 1050. The Labute approximate surface area is 169 Å². The lowest BCUT2D eigenvalue weighted by Crippen LogP contribution is -2.42. The van der Waals surface area contributed by atoms with E-state index >= 15 is 0 Å². The number of hydrogen-bond donors (Lipinski definition) is 2. The SMILES string of the molecule is CS(=O)(=O)N1CCC(Nc2ncc3ccc(=O)n([C@@H]4CCC[C@@H](O)C4)c3n2)CC1. The van der Waals surface area contributed by atoms with Gasteiger partial charge in [0.2, 0.25) is 16.0 Å². The van der Waals surface area contributed by atoms with Crippen LogP contribution in [0, 0.1) is 0 Å². The molecule has 2 aromatic rings. The number of sulfonamides is 1. The molecule has 0 spiro atoms. The third-order valence-electron chi connectivity index (χ3n) is 5.91. The summed E-state index contributed by atoms with van der Waals surface area (Å²) in [6.45, 7) is 0.934. The fourth-order valence-electron chi connectivity index (χ4n) is 4.35. The number of nitrogens with zero attached hydrogens (tertiary/aromatic N) is 4. The summed E-state index contributed by atoms with van der Waals surface area (Å²) in [5.74, 6) is 0.436. The molecular weight excluding hydrogens is 394 g/mol. The summed E-state index contributed by atoms with van der Waals surface area (Å²) in [6, 6.07) is 3.25. The molecule has 1 saturated heterocycles. The highest BCUT2D eigenvalue weighted by Gasteiger charge is 2.26. The van der Waals surface area contributed by atoms with Crippen molar-refractivity contribution in [1.29, 1.82) is 0 Å². The lowest BCUT2D eigenvalue weighted by molar-refractivity contribution is 0.104. The van der Waals surface area contributed by atoms with E-state index in [0.29, 0.717) is 43.9 Å². The summed E-state index contributed by atoms with van der Waals surface area (Å²) >= 11 is 0. The van der Waals surface area contributed by atoms with E-state index in [1.54, 1.807) is 16.8 Å². The minimum absolute atomic E-state index is 0.0734. The van der Waals surface area contributed by atoms with Gasteiger partial charge in [0, 0.05) is 42.8 Å². The number of aromatic nitrogens is 3. The summed E-state index contributed by atoms with van der Waals surface area (Å²) in [5, 5.41) is 14.1. The maximum atomic E-state index is 12.6. The summed E-state index contributed by atoms with van der Waals surface area (Å²) in [4.78, 5) is 21.6. The van der Waals surface area contributed by atoms with Crippen LogP contribution in [0.25, 0.3) is 11.0 Å². The summed E-state index contributed by atoms with van der Waals surface area (Å²) in [7, 11) is -3.16. The highest BCUT2D eigenvalue weighted by atomic mass is 32.2. The van der Waals surface area contributed by atoms with Crippen molar-refractivity contribution in [2.24, 2.45) is 0 Å². The fourth-order valence-corrected chi connectivity index (χ4v) is 5.22. The van der Waals surface area contributed by atoms with E-state index in [-0.39, 0.29) is 17.6 Å². The Morgan fingerprint density at radius 2 is 1.93 bits per heavy atom. The molecule has 2 aromatic heterocycles. The van der Waals surface area contributed by atoms with Gasteiger partial charge in [0.15, 0.2) is 0 Å². The molecule has 29 heavy (non-hydrogen) atoms. The number of aliphatic hydroxyl groups excluding tert-OH is 1. The molecule has 4 rings (SSSR count). The third kappa shape index (κ3) is 4.44. The van der Waals surface area contributed by atoms with Gasteiger partial charge in [-0.1, -0.05) is 0 Å². The Kier molecular flexibility index (Phi) is 5.58. The molecule has 2 atom stereocenters. The number of fused-ring (bicyclic) bond motifs is 1. The van der Waals surface area contributed by atoms with Crippen molar-refractivity contribution in [2.75, 3.05) is 24.7 Å². The van der Waals surface area contributed by atoms with Crippen LogP contribution in [-0.4, -0.2) is 63.9 Å². The van der Waals surface area contributed by atoms with Crippen LogP contribution in [0.1, 0.15) is 44.6 Å². The van der Waals surface area contributed by atoms with Crippen molar-refractivity contribution < 1.29 is 13.5 Å². The standard InChI is InChI=1S/C19H27N5O4S/c1-29(27,28)23-9-7-14(8-10-23)21-19-20-12-13-5-6-17(26)24(18(13)22-19)15-3-2-4-16(25)11-15/h5-6,12,14-16,25H,2-4,7-11H2,1H3,(H,20,21,22)/t15-,16-/m1/s1. The first-order chi connectivity index (χ1) is 13.8. The lowest BCUT2D eigenvalue weighted by Gasteiger charge is -2.31. The van der Waals surface area contributed by atoms with E-state index in [1.807, 2.05) is 0 Å². The molecule has 2 fully saturated rings. The largest absolute Gasteiger partial charge is 0.393 e. The average Bonchev–Trinajstić information content (AvgIpc) is 2.67. The molecule has 0 amide bonds. The molecule has 0 unspecified atom stereocenters. The van der Waals surface area contributed by atoms with E-state index in [1.165, 1.54) is 16.6 Å². The summed E-state index contributed by atoms with van der Waals surface area (Å²) in [5.41, 5.74) is 0.449. The van der Waals surface area contributed by atoms with Crippen LogP contribution in [0.4, 0.5) is 5.95 Å². The number of piperidine rings is 1. The zero-order valence-corrected chi connectivity index (χ0v) is 17.3. The molecule has 1 saturated carbocycles. The molecule has 2 aliphatic rings. The molecule has 1 aliphatic heterocycles. The highest BCUT2D eigenvalue weighted by molar-refractivity contribution is 7.88. The van der Waals surface area contributed by atoms with Crippen LogP contribution >= 0.6 is 0 Å². The number of rotatable bonds is 4. The Morgan fingerprint density at radius 1 is 1.17 bits per heavy atom. The first-order valence-electron chi connectivity index (χ1n) is 10.1. The number of hydrogen-bond acceptors (Lipinski definition) is 7. The average molecular weight is 422 g/mol. The van der Waals surface area contributed by atoms with Crippen LogP contribution in [0.5, 0.6) is 0 Å². The smallest absolute Gasteiger partial charge is 0.252 e. The first kappa shape index (κ1) is 20.2. The van der Waals surface area contributed by atoms with E-state index in [9.17, 15) is 18.3 Å². The molecule has 1 aliphatic carbocycles. The van der Waals surface area contributed by atoms with Crippen LogP contribution in [-0.2, 0) is 10.0 Å². The van der Waals surface area contributed by atoms with Gasteiger partial charge < -0.3 is 10.4 Å². The van der Waals surface area contributed by atoms with Gasteiger partial charge in [-0.05, 0) is 44.6 Å². The molecular formula is C19H27N5O4S. The predicted molar refractivity (Wildman–Crippen MR) is 110 cm³/mol. The minimum atomic E-state index is -3.16. The molecule has 0 aromatic carbocycles. The number of anilines is 1. The van der Waals surface area contributed by atoms with Crippen molar-refractivity contribution in [3.8, 4) is 0 Å². The second-order valence-electron chi connectivity index (χ2n) is 8.07. The van der Waals surface area contributed by atoms with Gasteiger partial charge in [-0.25, -0.2) is 17.7 Å². The van der Waals surface area contributed by atoms with Gasteiger partial charge in [-0.15, -0.1) is 0 Å². The minimum Gasteiger partial charge on any atom is -0.393 e. The predicted octanol–water partition coefficient (Wildman–Crippen LogP) is 1.10. The van der Waals surface area contributed by atoms with Crippen molar-refractivity contribution in [3.63, 3.8) is 0 Å². The number of aliphatic hydroxyl groups is 1. The van der Waals surface area contributed by atoms with E-state index in [0.717, 1.165) is 24.6 Å². The quantitative estimate of drug-likeness (QED) is 0.759. The van der Waals surface area contributed by atoms with Crippen molar-refractivity contribution in [2.45, 2.75) is 56.7 Å². The normalized spacial score (nSPS) is 24.6. The highest BCUT2D eigenvalue weighted by Crippen LogP contribution is 2.29. The monoisotopic (exact) mass is 421 g/mol. The van der Waals surface area contributed by atoms with Crippen LogP contribution in [0.3, 0.4) is 0 Å². The maximum Gasteiger partial charge on any atom is 0.252 e. The Balaban J connectivity index is 1.57. The molecule has 0 bridgehead atoms. The Morgan fingerprint density at radius 3 is 2.62 bits per heavy atom. The van der Waals surface area contributed by atoms with Crippen LogP contribution < -0.4 is 10.9 Å². The van der Waals surface area contributed by atoms with Gasteiger partial charge in [-0.3, -0.25) is 9.36 Å². The topological polar surface area (TPSA) is 117 Å². The van der Waals surface area contributed by atoms with Gasteiger partial charge >= 0.3 is 0 Å². The van der Waals surface area contributed by atoms with E-state index in [2.05, 4.69) is 15.3 Å². The number of pyridine rings is 1. The van der Waals surface area contributed by atoms with E-state index in [4.69, 9.17) is 0 Å². The van der Waals surface area contributed by atoms with Crippen molar-refractivity contribution in [3.05, 3.63) is 28.7 Å². The van der Waals surface area contributed by atoms with E-state index < -0.39 is 16.1 Å². The maximum absolute atomic E-state index is 12.6.